The quantitative estimate of drug-likeness (QED) is 0.397. The summed E-state index contributed by atoms with van der Waals surface area (Å²) in [5.74, 6) is -0.445. The Morgan fingerprint density at radius 2 is 2.03 bits per heavy atom. The molecule has 0 spiro atoms. The van der Waals surface area contributed by atoms with Crippen molar-refractivity contribution in [3.63, 3.8) is 0 Å². The Labute approximate surface area is 194 Å². The van der Waals surface area contributed by atoms with Crippen LogP contribution in [0.2, 0.25) is 0 Å². The number of aromatic amines is 1. The van der Waals surface area contributed by atoms with Crippen molar-refractivity contribution in [3.05, 3.63) is 57.5 Å². The van der Waals surface area contributed by atoms with Crippen molar-refractivity contribution < 1.29 is 9.53 Å². The Balaban J connectivity index is 1.87. The fourth-order valence-electron chi connectivity index (χ4n) is 3.21. The number of para-hydroxylation sites is 1. The van der Waals surface area contributed by atoms with Gasteiger partial charge >= 0.3 is 5.69 Å². The summed E-state index contributed by atoms with van der Waals surface area (Å²) in [5, 5.41) is 8.56. The number of unbranched alkanes of at least 4 members (excludes halogenated alkanes) is 1. The van der Waals surface area contributed by atoms with Gasteiger partial charge in [-0.05, 0) is 18.6 Å². The molecule has 3 N–H and O–H groups in total. The van der Waals surface area contributed by atoms with Crippen LogP contribution in [0.3, 0.4) is 0 Å². The van der Waals surface area contributed by atoms with Crippen LogP contribution in [0, 0.1) is 0 Å². The predicted molar refractivity (Wildman–Crippen MR) is 127 cm³/mol. The largest absolute Gasteiger partial charge is 0.383 e. The fourth-order valence-corrected chi connectivity index (χ4v) is 4.02. The number of rotatable bonds is 11. The zero-order valence-corrected chi connectivity index (χ0v) is 19.4. The lowest BCUT2D eigenvalue weighted by Crippen LogP contribution is -2.43. The third-order valence-corrected chi connectivity index (χ3v) is 5.84. The normalized spacial score (nSPS) is 11.0. The number of anilines is 2. The topological polar surface area (TPSA) is 141 Å². The Bertz CT molecular complexity index is 1190. The summed E-state index contributed by atoms with van der Waals surface area (Å²) in [6, 6.07) is 9.49. The van der Waals surface area contributed by atoms with E-state index in [0.29, 0.717) is 18.1 Å². The molecule has 2 heterocycles. The first-order valence-corrected chi connectivity index (χ1v) is 11.5. The van der Waals surface area contributed by atoms with E-state index in [1.165, 1.54) is 28.3 Å². The van der Waals surface area contributed by atoms with Gasteiger partial charge in [0.25, 0.3) is 5.56 Å². The molecule has 2 aromatic heterocycles. The first-order valence-electron chi connectivity index (χ1n) is 10.5. The summed E-state index contributed by atoms with van der Waals surface area (Å²) in [6.45, 7) is 2.60. The van der Waals surface area contributed by atoms with Gasteiger partial charge < -0.3 is 15.4 Å². The molecule has 0 fully saturated rings. The zero-order valence-electron chi connectivity index (χ0n) is 18.6. The standard InChI is InChI=1S/C21H27N7O4S/c1-3-4-10-27-18(22)17(19(30)24-20(27)31)26(11-12-32-2)16(29)13-33-21-25-23-14-28(21)15-8-6-5-7-9-15/h5-9,14H,3-4,10-13,22H2,1-2H3,(H,24,30,31). The zero-order chi connectivity index (χ0) is 23.8. The number of nitrogen functional groups attached to an aromatic ring is 1. The highest BCUT2D eigenvalue weighted by molar-refractivity contribution is 7.99. The van der Waals surface area contributed by atoms with Crippen LogP contribution in [-0.4, -0.2) is 56.2 Å². The molecule has 0 atom stereocenters. The fraction of sp³-hybridized carbons (Fsp3) is 0.381. The molecule has 0 radical (unpaired) electrons. The molecule has 0 unspecified atom stereocenters. The van der Waals surface area contributed by atoms with Crippen LogP contribution in [0.15, 0.2) is 51.4 Å². The van der Waals surface area contributed by atoms with E-state index < -0.39 is 11.2 Å². The summed E-state index contributed by atoms with van der Waals surface area (Å²) in [6.07, 6.45) is 3.11. The molecule has 12 heteroatoms. The molecule has 33 heavy (non-hydrogen) atoms. The van der Waals surface area contributed by atoms with Crippen LogP contribution in [-0.2, 0) is 16.1 Å². The van der Waals surface area contributed by atoms with E-state index in [-0.39, 0.29) is 36.3 Å². The minimum Gasteiger partial charge on any atom is -0.383 e. The van der Waals surface area contributed by atoms with Crippen LogP contribution in [0.4, 0.5) is 11.5 Å². The second-order valence-corrected chi connectivity index (χ2v) is 8.09. The molecule has 11 nitrogen and oxygen atoms in total. The summed E-state index contributed by atoms with van der Waals surface area (Å²) < 4.78 is 8.17. The van der Waals surface area contributed by atoms with Gasteiger partial charge in [0, 0.05) is 25.9 Å². The number of H-pyrrole nitrogens is 1. The van der Waals surface area contributed by atoms with Crippen molar-refractivity contribution in [3.8, 4) is 5.69 Å². The summed E-state index contributed by atoms with van der Waals surface area (Å²) in [4.78, 5) is 41.6. The Hall–Kier alpha value is -3.38. The van der Waals surface area contributed by atoms with Crippen molar-refractivity contribution in [1.29, 1.82) is 0 Å². The number of benzene rings is 1. The molecule has 0 saturated carbocycles. The second kappa shape index (κ2) is 11.5. The predicted octanol–water partition coefficient (Wildman–Crippen LogP) is 1.27. The first-order chi connectivity index (χ1) is 16.0. The Kier molecular flexibility index (Phi) is 8.44. The number of carbonyl (C=O) groups excluding carboxylic acids is 1. The molecule has 1 aromatic carbocycles. The summed E-state index contributed by atoms with van der Waals surface area (Å²) >= 11 is 1.18. The monoisotopic (exact) mass is 473 g/mol. The van der Waals surface area contributed by atoms with Crippen LogP contribution in [0.25, 0.3) is 5.69 Å². The average Bonchev–Trinajstić information content (AvgIpc) is 3.28. The number of hydrogen-bond donors (Lipinski definition) is 2. The third-order valence-electron chi connectivity index (χ3n) is 4.91. The van der Waals surface area contributed by atoms with E-state index in [0.717, 1.165) is 12.1 Å². The van der Waals surface area contributed by atoms with Gasteiger partial charge in [-0.3, -0.25) is 23.7 Å². The number of thioether (sulfide) groups is 1. The van der Waals surface area contributed by atoms with Crippen LogP contribution in [0.5, 0.6) is 0 Å². The maximum absolute atomic E-state index is 13.2. The molecular weight excluding hydrogens is 446 g/mol. The number of amides is 1. The molecule has 0 aliphatic carbocycles. The molecule has 0 aliphatic rings. The lowest BCUT2D eigenvalue weighted by atomic mass is 10.3. The number of nitrogens with one attached hydrogen (secondary N) is 1. The highest BCUT2D eigenvalue weighted by Gasteiger charge is 2.24. The van der Waals surface area contributed by atoms with Crippen molar-refractivity contribution in [2.75, 3.05) is 36.6 Å². The number of nitrogens with two attached hydrogens (primary N) is 1. The highest BCUT2D eigenvalue weighted by Crippen LogP contribution is 2.22. The molecule has 0 aliphatic heterocycles. The van der Waals surface area contributed by atoms with Gasteiger partial charge in [0.2, 0.25) is 5.91 Å². The van der Waals surface area contributed by atoms with Gasteiger partial charge in [-0.1, -0.05) is 43.3 Å². The lowest BCUT2D eigenvalue weighted by molar-refractivity contribution is -0.116. The number of carbonyl (C=O) groups is 1. The van der Waals surface area contributed by atoms with Crippen LogP contribution in [0.1, 0.15) is 19.8 Å². The van der Waals surface area contributed by atoms with Crippen molar-refractivity contribution >= 4 is 29.2 Å². The van der Waals surface area contributed by atoms with E-state index in [1.807, 2.05) is 37.3 Å². The number of methoxy groups -OCH3 is 1. The molecule has 3 rings (SSSR count). The number of aromatic nitrogens is 5. The van der Waals surface area contributed by atoms with E-state index in [2.05, 4.69) is 15.2 Å². The lowest BCUT2D eigenvalue weighted by Gasteiger charge is -2.24. The smallest absolute Gasteiger partial charge is 0.330 e. The Morgan fingerprint density at radius 1 is 1.27 bits per heavy atom. The maximum Gasteiger partial charge on any atom is 0.330 e. The minimum atomic E-state index is -0.716. The molecular formula is C21H27N7O4S. The molecule has 0 saturated heterocycles. The molecule has 0 bridgehead atoms. The van der Waals surface area contributed by atoms with Crippen molar-refractivity contribution in [2.24, 2.45) is 0 Å². The van der Waals surface area contributed by atoms with E-state index in [1.54, 1.807) is 10.9 Å². The van der Waals surface area contributed by atoms with Crippen molar-refractivity contribution in [1.82, 2.24) is 24.3 Å². The average molecular weight is 474 g/mol. The van der Waals surface area contributed by atoms with Gasteiger partial charge in [0.1, 0.15) is 12.1 Å². The molecule has 176 valence electrons. The first kappa shape index (κ1) is 24.3. The van der Waals surface area contributed by atoms with Crippen molar-refractivity contribution in [2.45, 2.75) is 31.5 Å². The number of hydrogen-bond acceptors (Lipinski definition) is 8. The van der Waals surface area contributed by atoms with E-state index in [4.69, 9.17) is 10.5 Å². The summed E-state index contributed by atoms with van der Waals surface area (Å²) in [7, 11) is 1.50. The maximum atomic E-state index is 13.2. The van der Waals surface area contributed by atoms with Crippen LogP contribution < -0.4 is 21.9 Å². The van der Waals surface area contributed by atoms with Gasteiger partial charge in [-0.25, -0.2) is 4.79 Å². The SMILES string of the molecule is CCCCn1c(N)c(N(CCOC)C(=O)CSc2nncn2-c2ccccc2)c(=O)[nH]c1=O. The highest BCUT2D eigenvalue weighted by atomic mass is 32.2. The summed E-state index contributed by atoms with van der Waals surface area (Å²) in [5.41, 5.74) is 5.69. The molecule has 1 amide bonds. The van der Waals surface area contributed by atoms with Gasteiger partial charge in [-0.15, -0.1) is 10.2 Å². The number of nitrogens with zero attached hydrogens (tertiary/aromatic N) is 5. The number of ether oxygens (including phenoxy) is 1. The van der Waals surface area contributed by atoms with Gasteiger partial charge in [0.05, 0.1) is 12.4 Å². The third kappa shape index (κ3) is 5.71. The van der Waals surface area contributed by atoms with E-state index in [9.17, 15) is 14.4 Å². The molecule has 3 aromatic rings. The Morgan fingerprint density at radius 3 is 2.73 bits per heavy atom. The second-order valence-electron chi connectivity index (χ2n) is 7.14. The minimum absolute atomic E-state index is 0.0256. The van der Waals surface area contributed by atoms with Gasteiger partial charge in [-0.2, -0.15) is 0 Å². The van der Waals surface area contributed by atoms with E-state index >= 15 is 0 Å². The van der Waals surface area contributed by atoms with Crippen LogP contribution >= 0.6 is 11.8 Å². The van der Waals surface area contributed by atoms with Gasteiger partial charge in [0.15, 0.2) is 10.8 Å².